The van der Waals surface area contributed by atoms with Gasteiger partial charge >= 0.3 is 0 Å². The van der Waals surface area contributed by atoms with E-state index in [2.05, 4.69) is 25.9 Å². The van der Waals surface area contributed by atoms with E-state index in [0.717, 1.165) is 16.9 Å². The van der Waals surface area contributed by atoms with Crippen molar-refractivity contribution in [2.45, 2.75) is 32.7 Å². The van der Waals surface area contributed by atoms with Crippen molar-refractivity contribution < 1.29 is 23.8 Å². The van der Waals surface area contributed by atoms with Crippen molar-refractivity contribution in [1.29, 1.82) is 0 Å². The predicted octanol–water partition coefficient (Wildman–Crippen LogP) is 3.24. The highest BCUT2D eigenvalue weighted by atomic mass is 16.5. The number of rotatable bonds is 3. The van der Waals surface area contributed by atoms with Crippen molar-refractivity contribution in [2.24, 2.45) is 5.92 Å². The van der Waals surface area contributed by atoms with Gasteiger partial charge in [-0.15, -0.1) is 0 Å². The van der Waals surface area contributed by atoms with E-state index < -0.39 is 6.04 Å². The highest BCUT2D eigenvalue weighted by Crippen LogP contribution is 2.29. The molecule has 0 spiro atoms. The van der Waals surface area contributed by atoms with Crippen LogP contribution in [-0.4, -0.2) is 54.7 Å². The Morgan fingerprint density at radius 1 is 1.05 bits per heavy atom. The maximum Gasteiger partial charge on any atom is 0.258 e. The second kappa shape index (κ2) is 12.8. The fourth-order valence-corrected chi connectivity index (χ4v) is 4.04. The van der Waals surface area contributed by atoms with Gasteiger partial charge in [-0.1, -0.05) is 19.9 Å². The second-order valence-corrected chi connectivity index (χ2v) is 9.38. The average Bonchev–Trinajstić information content (AvgIpc) is 2.90. The molecule has 2 aliphatic heterocycles. The topological polar surface area (TPSA) is 124 Å². The molecule has 2 aliphatic rings. The fourth-order valence-electron chi connectivity index (χ4n) is 4.04. The lowest BCUT2D eigenvalue weighted by molar-refractivity contribution is -0.130. The number of fused-ring (bicyclic) bond motifs is 11. The Kier molecular flexibility index (Phi) is 8.97. The van der Waals surface area contributed by atoms with E-state index in [1.807, 2.05) is 50.2 Å². The van der Waals surface area contributed by atoms with Crippen molar-refractivity contribution >= 4 is 23.3 Å². The number of aromatic nitrogens is 2. The number of nitrogens with one attached hydrogen (secondary N) is 3. The van der Waals surface area contributed by atoms with Crippen LogP contribution in [0.25, 0.3) is 0 Å². The molecule has 0 fully saturated rings. The van der Waals surface area contributed by atoms with Gasteiger partial charge in [0.05, 0.1) is 19.3 Å². The number of ether oxygens (including phenoxy) is 3. The summed E-state index contributed by atoms with van der Waals surface area (Å²) in [4.78, 5) is 34.1. The van der Waals surface area contributed by atoms with Gasteiger partial charge in [-0.05, 0) is 54.3 Å². The molecule has 3 heterocycles. The number of carbonyl (C=O) groups is 2. The third-order valence-corrected chi connectivity index (χ3v) is 5.85. The quantitative estimate of drug-likeness (QED) is 0.451. The summed E-state index contributed by atoms with van der Waals surface area (Å²) in [5.74, 6) is 1.91. The second-order valence-electron chi connectivity index (χ2n) is 9.38. The summed E-state index contributed by atoms with van der Waals surface area (Å²) in [6, 6.07) is 14.1. The predicted molar refractivity (Wildman–Crippen MR) is 143 cm³/mol. The van der Waals surface area contributed by atoms with Gasteiger partial charge in [0.15, 0.2) is 18.1 Å². The van der Waals surface area contributed by atoms with E-state index in [4.69, 9.17) is 14.2 Å². The molecule has 0 aliphatic carbocycles. The van der Waals surface area contributed by atoms with Gasteiger partial charge < -0.3 is 30.2 Å². The maximum atomic E-state index is 12.9. The van der Waals surface area contributed by atoms with Crippen LogP contribution in [0.15, 0.2) is 54.9 Å². The Labute approximate surface area is 222 Å². The summed E-state index contributed by atoms with van der Waals surface area (Å²) >= 11 is 0. The standard InChI is InChI=1S/C28H33N5O5/c1-18(2)12-23-28(35)29-10-11-37-25-14-19(4-9-24(25)36-3)13-21-15-26(31-17-30-21)32-20-5-7-22(8-6-20)38-16-27(34)33-23/h4-9,14-15,17-18,23H,10-13,16H2,1-3H3,(H,29,35)(H,33,34)(H,30,31,32). The number of hydrogen-bond donors (Lipinski definition) is 3. The Morgan fingerprint density at radius 2 is 1.87 bits per heavy atom. The average molecular weight is 520 g/mol. The Balaban J connectivity index is 1.58. The first-order valence-electron chi connectivity index (χ1n) is 12.6. The van der Waals surface area contributed by atoms with E-state index in [-0.39, 0.29) is 37.5 Å². The molecule has 1 unspecified atom stereocenters. The van der Waals surface area contributed by atoms with Crippen LogP contribution in [0.3, 0.4) is 0 Å². The number of carbonyl (C=O) groups excluding carboxylic acids is 2. The smallest absolute Gasteiger partial charge is 0.258 e. The minimum Gasteiger partial charge on any atom is -0.493 e. The van der Waals surface area contributed by atoms with Gasteiger partial charge in [-0.3, -0.25) is 9.59 Å². The van der Waals surface area contributed by atoms with E-state index in [9.17, 15) is 9.59 Å². The monoisotopic (exact) mass is 519 g/mol. The molecule has 1 aromatic heterocycles. The van der Waals surface area contributed by atoms with Gasteiger partial charge in [-0.25, -0.2) is 9.97 Å². The Bertz CT molecular complexity index is 1250. The lowest BCUT2D eigenvalue weighted by Crippen LogP contribution is -2.49. The zero-order valence-electron chi connectivity index (χ0n) is 21.8. The third-order valence-electron chi connectivity index (χ3n) is 5.85. The van der Waals surface area contributed by atoms with E-state index in [1.54, 1.807) is 19.2 Å². The number of methoxy groups -OCH3 is 1. The Hall–Kier alpha value is -4.34. The largest absolute Gasteiger partial charge is 0.493 e. The summed E-state index contributed by atoms with van der Waals surface area (Å²) in [5.41, 5.74) is 2.62. The number of benzene rings is 2. The number of amides is 2. The number of hydrogen-bond acceptors (Lipinski definition) is 8. The van der Waals surface area contributed by atoms with Crippen molar-refractivity contribution in [3.63, 3.8) is 0 Å². The van der Waals surface area contributed by atoms with Crippen LogP contribution in [0.1, 0.15) is 31.5 Å². The lowest BCUT2D eigenvalue weighted by Gasteiger charge is -2.20. The Morgan fingerprint density at radius 3 is 2.63 bits per heavy atom. The molecule has 1 atom stereocenters. The summed E-state index contributed by atoms with van der Waals surface area (Å²) in [7, 11) is 1.58. The van der Waals surface area contributed by atoms with Crippen molar-refractivity contribution in [3.05, 3.63) is 66.1 Å². The van der Waals surface area contributed by atoms with Crippen molar-refractivity contribution in [2.75, 3.05) is 32.2 Å². The van der Waals surface area contributed by atoms with Crippen LogP contribution < -0.4 is 30.2 Å². The summed E-state index contributed by atoms with van der Waals surface area (Å²) in [6.07, 6.45) is 2.58. The molecule has 10 heteroatoms. The van der Waals surface area contributed by atoms with Crippen LogP contribution in [-0.2, 0) is 16.0 Å². The van der Waals surface area contributed by atoms with E-state index in [1.165, 1.54) is 6.33 Å². The first-order valence-corrected chi connectivity index (χ1v) is 12.6. The maximum absolute atomic E-state index is 12.9. The molecule has 10 nitrogen and oxygen atoms in total. The SMILES string of the molecule is COc1ccc2cc1OCCNC(=O)C(CC(C)C)NC(=O)COc1ccc(cc1)Nc1cc(ncn1)C2. The van der Waals surface area contributed by atoms with Crippen LogP contribution >= 0.6 is 0 Å². The van der Waals surface area contributed by atoms with Gasteiger partial charge in [0.2, 0.25) is 5.91 Å². The van der Waals surface area contributed by atoms with E-state index in [0.29, 0.717) is 35.9 Å². The first kappa shape index (κ1) is 26.7. The molecule has 0 radical (unpaired) electrons. The van der Waals surface area contributed by atoms with Crippen molar-refractivity contribution in [3.8, 4) is 17.2 Å². The number of anilines is 2. The lowest BCUT2D eigenvalue weighted by atomic mass is 10.0. The van der Waals surface area contributed by atoms with Gasteiger partial charge in [0.1, 0.15) is 30.5 Å². The zero-order chi connectivity index (χ0) is 26.9. The minimum absolute atomic E-state index is 0.205. The molecular weight excluding hydrogens is 486 g/mol. The van der Waals surface area contributed by atoms with Crippen LogP contribution in [0.2, 0.25) is 0 Å². The molecular formula is C28H33N5O5. The number of nitrogens with zero attached hydrogens (tertiary/aromatic N) is 2. The molecule has 38 heavy (non-hydrogen) atoms. The summed E-state index contributed by atoms with van der Waals surface area (Å²) in [5, 5.41) is 8.91. The molecule has 0 saturated heterocycles. The molecule has 2 amide bonds. The third kappa shape index (κ3) is 7.58. The molecule has 3 aromatic rings. The summed E-state index contributed by atoms with van der Waals surface area (Å²) < 4.78 is 17.0. The van der Waals surface area contributed by atoms with E-state index >= 15 is 0 Å². The zero-order valence-corrected chi connectivity index (χ0v) is 21.8. The molecule has 200 valence electrons. The van der Waals surface area contributed by atoms with Crippen molar-refractivity contribution in [1.82, 2.24) is 20.6 Å². The molecule has 0 saturated carbocycles. The highest BCUT2D eigenvalue weighted by molar-refractivity contribution is 5.88. The van der Waals surface area contributed by atoms with Gasteiger partial charge in [0.25, 0.3) is 5.91 Å². The minimum atomic E-state index is -0.678. The van der Waals surface area contributed by atoms with Crippen LogP contribution in [0.4, 0.5) is 11.5 Å². The molecule has 3 N–H and O–H groups in total. The summed E-state index contributed by atoms with van der Waals surface area (Å²) in [6.45, 7) is 4.28. The molecule has 6 bridgehead atoms. The first-order chi connectivity index (χ1) is 18.4. The van der Waals surface area contributed by atoms with Crippen LogP contribution in [0.5, 0.6) is 17.2 Å². The fraction of sp³-hybridized carbons (Fsp3) is 0.357. The normalized spacial score (nSPS) is 16.6. The molecule has 2 aromatic carbocycles. The highest BCUT2D eigenvalue weighted by Gasteiger charge is 2.22. The van der Waals surface area contributed by atoms with Crippen LogP contribution in [0, 0.1) is 5.92 Å². The molecule has 5 rings (SSSR count). The van der Waals surface area contributed by atoms with Gasteiger partial charge in [-0.2, -0.15) is 0 Å². The van der Waals surface area contributed by atoms with Gasteiger partial charge in [0, 0.05) is 18.2 Å².